The maximum atomic E-state index is 12.7. The second kappa shape index (κ2) is 9.06. The van der Waals surface area contributed by atoms with Crippen LogP contribution >= 0.6 is 24.0 Å². The van der Waals surface area contributed by atoms with Gasteiger partial charge in [-0.05, 0) is 68.4 Å². The second-order valence-electron chi connectivity index (χ2n) is 6.11. The number of nitrogens with zero attached hydrogens (tertiary/aromatic N) is 1. The summed E-state index contributed by atoms with van der Waals surface area (Å²) < 4.78 is 32.7. The van der Waals surface area contributed by atoms with Crippen LogP contribution in [0.25, 0.3) is 0 Å². The van der Waals surface area contributed by atoms with Gasteiger partial charge in [-0.15, -0.1) is 12.4 Å². The summed E-state index contributed by atoms with van der Waals surface area (Å²) in [6, 6.07) is 13.6. The number of nitrogens with one attached hydrogen (secondary N) is 1. The highest BCUT2D eigenvalue weighted by Crippen LogP contribution is 2.28. The fraction of sp³-hybridized carbons (Fsp3) is 0.333. The average molecular weight is 417 g/mol. The van der Waals surface area contributed by atoms with Gasteiger partial charge in [0.25, 0.3) is 0 Å². The predicted octanol–water partition coefficient (Wildman–Crippen LogP) is 3.78. The third-order valence-corrected chi connectivity index (χ3v) is 6.35. The van der Waals surface area contributed by atoms with Crippen molar-refractivity contribution in [1.82, 2.24) is 9.62 Å². The number of rotatable bonds is 6. The van der Waals surface area contributed by atoms with Gasteiger partial charge in [-0.3, -0.25) is 0 Å². The fourth-order valence-electron chi connectivity index (χ4n) is 2.97. The molecule has 0 aliphatic carbocycles. The van der Waals surface area contributed by atoms with E-state index in [1.165, 1.54) is 0 Å². The molecule has 2 aromatic rings. The van der Waals surface area contributed by atoms with Crippen LogP contribution in [-0.4, -0.2) is 39.4 Å². The fourth-order valence-corrected chi connectivity index (χ4v) is 4.68. The lowest BCUT2D eigenvalue weighted by Crippen LogP contribution is -2.30. The monoisotopic (exact) mass is 416 g/mol. The summed E-state index contributed by atoms with van der Waals surface area (Å²) in [6.45, 7) is 1.96. The van der Waals surface area contributed by atoms with Crippen LogP contribution in [0, 0.1) is 5.92 Å². The van der Waals surface area contributed by atoms with Gasteiger partial charge in [0, 0.05) is 18.1 Å². The van der Waals surface area contributed by atoms with E-state index >= 15 is 0 Å². The number of hydrogen-bond donors (Lipinski definition) is 1. The topological polar surface area (TPSA) is 58.6 Å². The molecule has 3 rings (SSSR count). The van der Waals surface area contributed by atoms with Crippen molar-refractivity contribution in [1.29, 1.82) is 0 Å². The lowest BCUT2D eigenvalue weighted by molar-refractivity contribution is 0.451. The van der Waals surface area contributed by atoms with E-state index in [-0.39, 0.29) is 17.3 Å². The predicted molar refractivity (Wildman–Crippen MR) is 106 cm³/mol. The number of halogens is 2. The van der Waals surface area contributed by atoms with Crippen LogP contribution in [0.1, 0.15) is 6.42 Å². The summed E-state index contributed by atoms with van der Waals surface area (Å²) in [6.07, 6.45) is 0.885. The van der Waals surface area contributed by atoms with E-state index in [9.17, 15) is 8.42 Å². The van der Waals surface area contributed by atoms with Gasteiger partial charge in [0.1, 0.15) is 11.5 Å². The normalized spacial score (nSPS) is 17.7. The molecule has 0 amide bonds. The molecule has 1 unspecified atom stereocenters. The van der Waals surface area contributed by atoms with Gasteiger partial charge < -0.3 is 10.1 Å². The highest BCUT2D eigenvalue weighted by molar-refractivity contribution is 7.89. The Morgan fingerprint density at radius 3 is 2.58 bits per heavy atom. The van der Waals surface area contributed by atoms with Gasteiger partial charge in [0.15, 0.2) is 0 Å². The molecular weight excluding hydrogens is 395 g/mol. The first kappa shape index (κ1) is 21.0. The van der Waals surface area contributed by atoms with E-state index in [0.717, 1.165) is 13.0 Å². The molecule has 1 aliphatic rings. The summed E-state index contributed by atoms with van der Waals surface area (Å²) in [4.78, 5) is 0.288. The van der Waals surface area contributed by atoms with E-state index in [0.29, 0.717) is 35.5 Å². The smallest absolute Gasteiger partial charge is 0.243 e. The minimum atomic E-state index is -3.46. The molecule has 0 bridgehead atoms. The molecule has 0 aromatic heterocycles. The zero-order valence-electron chi connectivity index (χ0n) is 14.4. The maximum Gasteiger partial charge on any atom is 0.243 e. The highest BCUT2D eigenvalue weighted by atomic mass is 35.5. The van der Waals surface area contributed by atoms with Crippen molar-refractivity contribution in [2.24, 2.45) is 5.92 Å². The molecule has 1 saturated heterocycles. The van der Waals surface area contributed by atoms with Gasteiger partial charge >= 0.3 is 0 Å². The standard InChI is InChI=1S/C18H21ClN2O3S.ClH/c1-20-12-14-9-10-21(13-14)25(22,23)18-7-5-16(6-8-18)24-17-4-2-3-15(19)11-17;/h2-8,11,14,20H,9-10,12-13H2,1H3;1H. The van der Waals surface area contributed by atoms with Crippen LogP contribution < -0.4 is 10.1 Å². The molecule has 26 heavy (non-hydrogen) atoms. The number of benzene rings is 2. The summed E-state index contributed by atoms with van der Waals surface area (Å²) in [5.74, 6) is 1.54. The van der Waals surface area contributed by atoms with E-state index in [4.69, 9.17) is 16.3 Å². The van der Waals surface area contributed by atoms with Crippen LogP contribution in [0.3, 0.4) is 0 Å². The van der Waals surface area contributed by atoms with Crippen molar-refractivity contribution in [3.8, 4) is 11.5 Å². The average Bonchev–Trinajstić information content (AvgIpc) is 3.05. The molecule has 5 nitrogen and oxygen atoms in total. The SMILES string of the molecule is CNCC1CCN(S(=O)(=O)c2ccc(Oc3cccc(Cl)c3)cc2)C1.Cl. The van der Waals surface area contributed by atoms with Crippen molar-refractivity contribution in [3.05, 3.63) is 53.6 Å². The third kappa shape index (κ3) is 4.90. The molecule has 0 saturated carbocycles. The first-order valence-corrected chi connectivity index (χ1v) is 9.99. The number of ether oxygens (including phenoxy) is 1. The largest absolute Gasteiger partial charge is 0.457 e. The first-order chi connectivity index (χ1) is 12.0. The molecule has 1 atom stereocenters. The Bertz CT molecular complexity index is 829. The second-order valence-corrected chi connectivity index (χ2v) is 8.48. The molecule has 0 radical (unpaired) electrons. The Labute approximate surface area is 165 Å². The van der Waals surface area contributed by atoms with Crippen LogP contribution in [0.5, 0.6) is 11.5 Å². The van der Waals surface area contributed by atoms with Crippen molar-refractivity contribution in [2.75, 3.05) is 26.7 Å². The molecule has 142 valence electrons. The zero-order chi connectivity index (χ0) is 17.9. The Balaban J connectivity index is 0.00000243. The van der Waals surface area contributed by atoms with Gasteiger partial charge in [-0.25, -0.2) is 8.42 Å². The third-order valence-electron chi connectivity index (χ3n) is 4.23. The minimum absolute atomic E-state index is 0. The molecule has 8 heteroatoms. The lowest BCUT2D eigenvalue weighted by atomic mass is 10.1. The van der Waals surface area contributed by atoms with E-state index in [1.54, 1.807) is 52.8 Å². The van der Waals surface area contributed by atoms with Gasteiger partial charge in [-0.1, -0.05) is 17.7 Å². The van der Waals surface area contributed by atoms with Crippen LogP contribution in [-0.2, 0) is 10.0 Å². The lowest BCUT2D eigenvalue weighted by Gasteiger charge is -2.17. The molecule has 1 heterocycles. The summed E-state index contributed by atoms with van der Waals surface area (Å²) in [5, 5.41) is 3.69. The van der Waals surface area contributed by atoms with E-state index in [2.05, 4.69) is 5.32 Å². The Kier molecular flexibility index (Phi) is 7.32. The van der Waals surface area contributed by atoms with Gasteiger partial charge in [0.2, 0.25) is 10.0 Å². The van der Waals surface area contributed by atoms with Crippen molar-refractivity contribution < 1.29 is 13.2 Å². The molecule has 0 spiro atoms. The van der Waals surface area contributed by atoms with Gasteiger partial charge in [-0.2, -0.15) is 4.31 Å². The number of sulfonamides is 1. The number of hydrogen-bond acceptors (Lipinski definition) is 4. The van der Waals surface area contributed by atoms with Crippen molar-refractivity contribution in [2.45, 2.75) is 11.3 Å². The molecular formula is C18H22Cl2N2O3S. The molecule has 2 aromatic carbocycles. The molecule has 1 N–H and O–H groups in total. The van der Waals surface area contributed by atoms with E-state index < -0.39 is 10.0 Å². The van der Waals surface area contributed by atoms with Crippen LogP contribution in [0.2, 0.25) is 5.02 Å². The Hall–Kier alpha value is -1.31. The Morgan fingerprint density at radius 1 is 1.19 bits per heavy atom. The highest BCUT2D eigenvalue weighted by Gasteiger charge is 2.32. The first-order valence-electron chi connectivity index (χ1n) is 8.17. The van der Waals surface area contributed by atoms with E-state index in [1.807, 2.05) is 7.05 Å². The minimum Gasteiger partial charge on any atom is -0.457 e. The van der Waals surface area contributed by atoms with Crippen LogP contribution in [0.4, 0.5) is 0 Å². The molecule has 1 fully saturated rings. The van der Waals surface area contributed by atoms with Gasteiger partial charge in [0.05, 0.1) is 4.90 Å². The zero-order valence-corrected chi connectivity index (χ0v) is 16.8. The van der Waals surface area contributed by atoms with Crippen molar-refractivity contribution in [3.63, 3.8) is 0 Å². The summed E-state index contributed by atoms with van der Waals surface area (Å²) in [7, 11) is -1.57. The van der Waals surface area contributed by atoms with Crippen LogP contribution in [0.15, 0.2) is 53.4 Å². The Morgan fingerprint density at radius 2 is 1.92 bits per heavy atom. The molecule has 1 aliphatic heterocycles. The summed E-state index contributed by atoms with van der Waals surface area (Å²) in [5.41, 5.74) is 0. The quantitative estimate of drug-likeness (QED) is 0.777. The maximum absolute atomic E-state index is 12.7. The summed E-state index contributed by atoms with van der Waals surface area (Å²) >= 11 is 5.93. The van der Waals surface area contributed by atoms with Crippen molar-refractivity contribution >= 4 is 34.0 Å².